The van der Waals surface area contributed by atoms with Crippen LogP contribution in [0.15, 0.2) is 24.3 Å². The van der Waals surface area contributed by atoms with E-state index in [9.17, 15) is 4.79 Å². The highest BCUT2D eigenvalue weighted by molar-refractivity contribution is 5.66. The number of carbonyl (C=O) groups is 1. The summed E-state index contributed by atoms with van der Waals surface area (Å²) in [6.07, 6.45) is 1.34. The minimum Gasteiger partial charge on any atom is -0.462 e. The van der Waals surface area contributed by atoms with Gasteiger partial charge in [-0.2, -0.15) is 0 Å². The standard InChI is InChI=1S/C11H18O2/c1-8(2)6-11(7-9(3)4)13-10(5)12/h11H,1,3,6-7H2,2,4-5H3. The number of ether oxygens (including phenoxy) is 1. The maximum absolute atomic E-state index is 10.7. The molecule has 0 bridgehead atoms. The van der Waals surface area contributed by atoms with Crippen molar-refractivity contribution < 1.29 is 9.53 Å². The van der Waals surface area contributed by atoms with Crippen LogP contribution >= 0.6 is 0 Å². The molecular weight excluding hydrogens is 164 g/mol. The molecule has 0 unspecified atom stereocenters. The topological polar surface area (TPSA) is 26.3 Å². The lowest BCUT2D eigenvalue weighted by molar-refractivity contribution is -0.146. The van der Waals surface area contributed by atoms with Gasteiger partial charge in [-0.05, 0) is 13.8 Å². The van der Waals surface area contributed by atoms with Gasteiger partial charge in [-0.3, -0.25) is 4.79 Å². The third kappa shape index (κ3) is 7.32. The van der Waals surface area contributed by atoms with Gasteiger partial charge in [0.15, 0.2) is 0 Å². The zero-order valence-corrected chi connectivity index (χ0v) is 8.72. The Labute approximate surface area is 80.3 Å². The Morgan fingerprint density at radius 3 is 1.77 bits per heavy atom. The van der Waals surface area contributed by atoms with Crippen LogP contribution in [0.4, 0.5) is 0 Å². The molecule has 0 aliphatic rings. The first-order chi connectivity index (χ1) is 5.91. The maximum Gasteiger partial charge on any atom is 0.302 e. The average Bonchev–Trinajstić information content (AvgIpc) is 1.80. The van der Waals surface area contributed by atoms with Crippen molar-refractivity contribution in [2.75, 3.05) is 0 Å². The Kier molecular flexibility index (Phi) is 5.12. The van der Waals surface area contributed by atoms with E-state index in [1.54, 1.807) is 0 Å². The van der Waals surface area contributed by atoms with E-state index in [0.717, 1.165) is 11.1 Å². The molecule has 13 heavy (non-hydrogen) atoms. The monoisotopic (exact) mass is 182 g/mol. The zero-order chi connectivity index (χ0) is 10.4. The fraction of sp³-hybridized carbons (Fsp3) is 0.545. The molecule has 0 aromatic heterocycles. The van der Waals surface area contributed by atoms with Crippen molar-refractivity contribution in [1.29, 1.82) is 0 Å². The molecule has 0 heterocycles. The van der Waals surface area contributed by atoms with Gasteiger partial charge in [-0.25, -0.2) is 0 Å². The highest BCUT2D eigenvalue weighted by atomic mass is 16.5. The van der Waals surface area contributed by atoms with Gasteiger partial charge in [-0.15, -0.1) is 13.2 Å². The Hall–Kier alpha value is -1.05. The number of esters is 1. The molecule has 0 aliphatic heterocycles. The molecule has 2 nitrogen and oxygen atoms in total. The predicted octanol–water partition coefficient (Wildman–Crippen LogP) is 2.85. The van der Waals surface area contributed by atoms with Crippen LogP contribution in [0.5, 0.6) is 0 Å². The fourth-order valence-corrected chi connectivity index (χ4v) is 1.17. The van der Waals surface area contributed by atoms with Crippen molar-refractivity contribution in [2.24, 2.45) is 0 Å². The Bertz CT molecular complexity index is 178. The van der Waals surface area contributed by atoms with Crippen LogP contribution in [0, 0.1) is 0 Å². The fourth-order valence-electron chi connectivity index (χ4n) is 1.17. The molecule has 0 fully saturated rings. The Morgan fingerprint density at radius 1 is 1.15 bits per heavy atom. The van der Waals surface area contributed by atoms with Crippen molar-refractivity contribution in [1.82, 2.24) is 0 Å². The van der Waals surface area contributed by atoms with Gasteiger partial charge in [0.05, 0.1) is 0 Å². The first-order valence-electron chi connectivity index (χ1n) is 4.37. The minimum atomic E-state index is -0.243. The van der Waals surface area contributed by atoms with E-state index in [0.29, 0.717) is 12.8 Å². The van der Waals surface area contributed by atoms with E-state index in [2.05, 4.69) is 13.2 Å². The van der Waals surface area contributed by atoms with Gasteiger partial charge in [0, 0.05) is 19.8 Å². The second-order valence-corrected chi connectivity index (χ2v) is 3.55. The van der Waals surface area contributed by atoms with Crippen molar-refractivity contribution in [3.8, 4) is 0 Å². The second-order valence-electron chi connectivity index (χ2n) is 3.55. The minimum absolute atomic E-state index is 0.0903. The maximum atomic E-state index is 10.7. The molecule has 74 valence electrons. The van der Waals surface area contributed by atoms with Gasteiger partial charge in [0.2, 0.25) is 0 Å². The number of hydrogen-bond acceptors (Lipinski definition) is 2. The quantitative estimate of drug-likeness (QED) is 0.482. The van der Waals surface area contributed by atoms with E-state index >= 15 is 0 Å². The van der Waals surface area contributed by atoms with Crippen LogP contribution in [0.25, 0.3) is 0 Å². The molecule has 0 rings (SSSR count). The average molecular weight is 182 g/mol. The van der Waals surface area contributed by atoms with Crippen molar-refractivity contribution in [3.63, 3.8) is 0 Å². The predicted molar refractivity (Wildman–Crippen MR) is 54.4 cm³/mol. The van der Waals surface area contributed by atoms with E-state index in [1.807, 2.05) is 13.8 Å². The third-order valence-corrected chi connectivity index (χ3v) is 1.48. The van der Waals surface area contributed by atoms with Crippen molar-refractivity contribution in [2.45, 2.75) is 39.7 Å². The molecule has 0 N–H and O–H groups in total. The highest BCUT2D eigenvalue weighted by Crippen LogP contribution is 2.14. The van der Waals surface area contributed by atoms with Crippen LogP contribution in [0.2, 0.25) is 0 Å². The SMILES string of the molecule is C=C(C)CC(CC(=C)C)OC(C)=O. The summed E-state index contributed by atoms with van der Waals surface area (Å²) in [7, 11) is 0. The molecule has 0 amide bonds. The highest BCUT2D eigenvalue weighted by Gasteiger charge is 2.11. The second kappa shape index (κ2) is 5.57. The molecule has 0 atom stereocenters. The van der Waals surface area contributed by atoms with Crippen LogP contribution in [0.3, 0.4) is 0 Å². The first kappa shape index (κ1) is 11.9. The smallest absolute Gasteiger partial charge is 0.302 e. The van der Waals surface area contributed by atoms with Crippen LogP contribution in [0.1, 0.15) is 33.6 Å². The summed E-state index contributed by atoms with van der Waals surface area (Å²) >= 11 is 0. The van der Waals surface area contributed by atoms with Gasteiger partial charge < -0.3 is 4.74 Å². The number of rotatable bonds is 5. The number of hydrogen-bond donors (Lipinski definition) is 0. The first-order valence-corrected chi connectivity index (χ1v) is 4.37. The summed E-state index contributed by atoms with van der Waals surface area (Å²) in [6, 6.07) is 0. The van der Waals surface area contributed by atoms with Crippen molar-refractivity contribution >= 4 is 5.97 Å². The summed E-state index contributed by atoms with van der Waals surface area (Å²) in [4.78, 5) is 10.7. The van der Waals surface area contributed by atoms with Crippen LogP contribution in [-0.4, -0.2) is 12.1 Å². The van der Waals surface area contributed by atoms with E-state index < -0.39 is 0 Å². The molecule has 0 aromatic rings. The summed E-state index contributed by atoms with van der Waals surface area (Å²) in [5, 5.41) is 0. The number of carbonyl (C=O) groups excluding carboxylic acids is 1. The zero-order valence-electron chi connectivity index (χ0n) is 8.72. The molecule has 0 spiro atoms. The molecule has 0 saturated heterocycles. The van der Waals surface area contributed by atoms with Crippen molar-refractivity contribution in [3.05, 3.63) is 24.3 Å². The lowest BCUT2D eigenvalue weighted by Crippen LogP contribution is -2.16. The van der Waals surface area contributed by atoms with Crippen LogP contribution in [-0.2, 0) is 9.53 Å². The Balaban J connectivity index is 4.10. The largest absolute Gasteiger partial charge is 0.462 e. The van der Waals surface area contributed by atoms with Gasteiger partial charge in [-0.1, -0.05) is 11.1 Å². The van der Waals surface area contributed by atoms with Gasteiger partial charge >= 0.3 is 5.97 Å². The Morgan fingerprint density at radius 2 is 1.54 bits per heavy atom. The lowest BCUT2D eigenvalue weighted by atomic mass is 10.0. The van der Waals surface area contributed by atoms with Gasteiger partial charge in [0.1, 0.15) is 6.10 Å². The van der Waals surface area contributed by atoms with Crippen LogP contribution < -0.4 is 0 Å². The molecule has 0 saturated carbocycles. The molecule has 0 aliphatic carbocycles. The van der Waals surface area contributed by atoms with E-state index in [4.69, 9.17) is 4.74 Å². The van der Waals surface area contributed by atoms with Gasteiger partial charge in [0.25, 0.3) is 0 Å². The molecule has 2 heteroatoms. The summed E-state index contributed by atoms with van der Waals surface area (Å²) in [6.45, 7) is 12.8. The molecular formula is C11H18O2. The normalized spacial score (nSPS) is 9.85. The molecule has 0 aromatic carbocycles. The lowest BCUT2D eigenvalue weighted by Gasteiger charge is -2.16. The molecule has 0 radical (unpaired) electrons. The third-order valence-electron chi connectivity index (χ3n) is 1.48. The summed E-state index contributed by atoms with van der Waals surface area (Å²) in [5.74, 6) is -0.243. The van der Waals surface area contributed by atoms with E-state index in [1.165, 1.54) is 6.92 Å². The summed E-state index contributed by atoms with van der Waals surface area (Å²) in [5.41, 5.74) is 2.04. The summed E-state index contributed by atoms with van der Waals surface area (Å²) < 4.78 is 5.11. The van der Waals surface area contributed by atoms with E-state index in [-0.39, 0.29) is 12.1 Å².